The van der Waals surface area contributed by atoms with Crippen LogP contribution in [0, 0.1) is 5.92 Å². The Morgan fingerprint density at radius 2 is 1.89 bits per heavy atom. The standard InChI is InChI=1S/C14H20N2O2/c17-12-3-1-2-11(14(12)18)13(10-4-5-10)16-8-6-15-7-9-16/h1-3,10,13,15,17-18H,4-9H2/t13-/m1/s1. The molecule has 98 valence electrons. The molecule has 0 spiro atoms. The average Bonchev–Trinajstić information content (AvgIpc) is 3.21. The van der Waals surface area contributed by atoms with Gasteiger partial charge < -0.3 is 15.5 Å². The van der Waals surface area contributed by atoms with Gasteiger partial charge in [-0.25, -0.2) is 0 Å². The van der Waals surface area contributed by atoms with Gasteiger partial charge in [-0.05, 0) is 24.8 Å². The molecule has 18 heavy (non-hydrogen) atoms. The van der Waals surface area contributed by atoms with Gasteiger partial charge in [0.25, 0.3) is 0 Å². The molecule has 1 saturated heterocycles. The molecular weight excluding hydrogens is 228 g/mol. The van der Waals surface area contributed by atoms with Crippen molar-refractivity contribution in [3.05, 3.63) is 23.8 Å². The molecule has 1 aliphatic carbocycles. The Labute approximate surface area is 107 Å². The Hall–Kier alpha value is -1.26. The Morgan fingerprint density at radius 3 is 2.56 bits per heavy atom. The number of piperazine rings is 1. The normalized spacial score (nSPS) is 22.9. The Bertz CT molecular complexity index is 426. The van der Waals surface area contributed by atoms with E-state index in [-0.39, 0.29) is 17.5 Å². The van der Waals surface area contributed by atoms with E-state index in [1.807, 2.05) is 12.1 Å². The highest BCUT2D eigenvalue weighted by Crippen LogP contribution is 2.48. The van der Waals surface area contributed by atoms with Crippen LogP contribution in [0.5, 0.6) is 11.5 Å². The average molecular weight is 248 g/mol. The number of hydrogen-bond donors (Lipinski definition) is 3. The molecule has 1 aromatic rings. The lowest BCUT2D eigenvalue weighted by molar-refractivity contribution is 0.153. The van der Waals surface area contributed by atoms with Crippen LogP contribution in [-0.2, 0) is 0 Å². The molecule has 1 heterocycles. The number of para-hydroxylation sites is 1. The molecule has 0 radical (unpaired) electrons. The molecule has 0 amide bonds. The summed E-state index contributed by atoms with van der Waals surface area (Å²) in [4.78, 5) is 2.43. The SMILES string of the molecule is Oc1cccc([C@@H](C2CC2)N2CCNCC2)c1O. The van der Waals surface area contributed by atoms with E-state index in [1.165, 1.54) is 12.8 Å². The van der Waals surface area contributed by atoms with E-state index < -0.39 is 0 Å². The smallest absolute Gasteiger partial charge is 0.162 e. The largest absolute Gasteiger partial charge is 0.504 e. The summed E-state index contributed by atoms with van der Waals surface area (Å²) in [5.74, 6) is 0.692. The molecule has 1 aliphatic heterocycles. The van der Waals surface area contributed by atoms with Crippen molar-refractivity contribution in [1.82, 2.24) is 10.2 Å². The minimum absolute atomic E-state index is 0.00622. The number of nitrogens with one attached hydrogen (secondary N) is 1. The van der Waals surface area contributed by atoms with Gasteiger partial charge in [0, 0.05) is 37.8 Å². The molecule has 2 aliphatic rings. The fourth-order valence-electron chi connectivity index (χ4n) is 2.91. The summed E-state index contributed by atoms with van der Waals surface area (Å²) in [6.45, 7) is 4.03. The van der Waals surface area contributed by atoms with Crippen LogP contribution in [0.4, 0.5) is 0 Å². The number of hydrogen-bond acceptors (Lipinski definition) is 4. The molecule has 0 bridgehead atoms. The van der Waals surface area contributed by atoms with E-state index in [0.29, 0.717) is 5.92 Å². The zero-order valence-corrected chi connectivity index (χ0v) is 10.5. The zero-order valence-electron chi connectivity index (χ0n) is 10.5. The molecule has 0 aromatic heterocycles. The summed E-state index contributed by atoms with van der Waals surface area (Å²) < 4.78 is 0. The molecular formula is C14H20N2O2. The van der Waals surface area contributed by atoms with Gasteiger partial charge in [-0.3, -0.25) is 4.90 Å². The van der Waals surface area contributed by atoms with Crippen LogP contribution in [0.15, 0.2) is 18.2 Å². The fraction of sp³-hybridized carbons (Fsp3) is 0.571. The second-order valence-corrected chi connectivity index (χ2v) is 5.28. The maximum atomic E-state index is 10.1. The van der Waals surface area contributed by atoms with Crippen molar-refractivity contribution in [1.29, 1.82) is 0 Å². The maximum Gasteiger partial charge on any atom is 0.162 e. The van der Waals surface area contributed by atoms with Crippen LogP contribution in [0.25, 0.3) is 0 Å². The third kappa shape index (κ3) is 2.18. The number of nitrogens with zero attached hydrogens (tertiary/aromatic N) is 1. The summed E-state index contributed by atoms with van der Waals surface area (Å²) in [6, 6.07) is 5.57. The van der Waals surface area contributed by atoms with Crippen molar-refractivity contribution >= 4 is 0 Å². The van der Waals surface area contributed by atoms with Crippen LogP contribution >= 0.6 is 0 Å². The van der Waals surface area contributed by atoms with Crippen LogP contribution in [-0.4, -0.2) is 41.3 Å². The highest BCUT2D eigenvalue weighted by atomic mass is 16.3. The molecule has 1 aromatic carbocycles. The minimum atomic E-state index is -0.00622. The lowest BCUT2D eigenvalue weighted by Crippen LogP contribution is -2.45. The first-order valence-corrected chi connectivity index (χ1v) is 6.73. The monoisotopic (exact) mass is 248 g/mol. The van der Waals surface area contributed by atoms with E-state index >= 15 is 0 Å². The van der Waals surface area contributed by atoms with E-state index in [4.69, 9.17) is 0 Å². The molecule has 0 unspecified atom stereocenters. The third-order valence-electron chi connectivity index (χ3n) is 3.98. The van der Waals surface area contributed by atoms with Gasteiger partial charge in [0.2, 0.25) is 0 Å². The number of rotatable bonds is 3. The predicted octanol–water partition coefficient (Wildman–Crippen LogP) is 1.45. The Kier molecular flexibility index (Phi) is 3.14. The first-order valence-electron chi connectivity index (χ1n) is 6.73. The van der Waals surface area contributed by atoms with Crippen molar-refractivity contribution in [2.75, 3.05) is 26.2 Å². The molecule has 1 saturated carbocycles. The van der Waals surface area contributed by atoms with Crippen LogP contribution in [0.3, 0.4) is 0 Å². The number of phenolic OH excluding ortho intramolecular Hbond substituents is 2. The summed E-state index contributed by atoms with van der Waals surface area (Å²) in [5.41, 5.74) is 0.888. The predicted molar refractivity (Wildman–Crippen MR) is 69.7 cm³/mol. The van der Waals surface area contributed by atoms with E-state index in [1.54, 1.807) is 6.07 Å². The van der Waals surface area contributed by atoms with Gasteiger partial charge >= 0.3 is 0 Å². The van der Waals surface area contributed by atoms with E-state index in [0.717, 1.165) is 31.7 Å². The van der Waals surface area contributed by atoms with Crippen LogP contribution < -0.4 is 5.32 Å². The van der Waals surface area contributed by atoms with Gasteiger partial charge in [-0.1, -0.05) is 12.1 Å². The second kappa shape index (κ2) is 4.78. The van der Waals surface area contributed by atoms with E-state index in [2.05, 4.69) is 10.2 Å². The maximum absolute atomic E-state index is 10.1. The van der Waals surface area contributed by atoms with Crippen LogP contribution in [0.1, 0.15) is 24.4 Å². The summed E-state index contributed by atoms with van der Waals surface area (Å²) in [5, 5.41) is 23.1. The molecule has 4 heteroatoms. The molecule has 3 rings (SSSR count). The summed E-state index contributed by atoms with van der Waals surface area (Å²) in [7, 11) is 0. The van der Waals surface area contributed by atoms with E-state index in [9.17, 15) is 10.2 Å². The minimum Gasteiger partial charge on any atom is -0.504 e. The molecule has 2 fully saturated rings. The van der Waals surface area contributed by atoms with Crippen molar-refractivity contribution in [3.8, 4) is 11.5 Å². The molecule has 1 atom stereocenters. The van der Waals surface area contributed by atoms with Crippen molar-refractivity contribution < 1.29 is 10.2 Å². The highest BCUT2D eigenvalue weighted by molar-refractivity contribution is 5.46. The van der Waals surface area contributed by atoms with Crippen molar-refractivity contribution in [2.24, 2.45) is 5.92 Å². The zero-order chi connectivity index (χ0) is 12.5. The van der Waals surface area contributed by atoms with Gasteiger partial charge in [0.1, 0.15) is 0 Å². The lowest BCUT2D eigenvalue weighted by Gasteiger charge is -2.35. The molecule has 3 N–H and O–H groups in total. The third-order valence-corrected chi connectivity index (χ3v) is 3.98. The highest BCUT2D eigenvalue weighted by Gasteiger charge is 2.38. The second-order valence-electron chi connectivity index (χ2n) is 5.28. The van der Waals surface area contributed by atoms with Gasteiger partial charge in [0.05, 0.1) is 0 Å². The Morgan fingerprint density at radius 1 is 1.17 bits per heavy atom. The fourth-order valence-corrected chi connectivity index (χ4v) is 2.91. The van der Waals surface area contributed by atoms with Gasteiger partial charge in [-0.2, -0.15) is 0 Å². The van der Waals surface area contributed by atoms with Crippen LogP contribution in [0.2, 0.25) is 0 Å². The number of phenols is 2. The number of aromatic hydroxyl groups is 2. The summed E-state index contributed by atoms with van der Waals surface area (Å²) in [6.07, 6.45) is 2.45. The lowest BCUT2D eigenvalue weighted by atomic mass is 9.98. The quantitative estimate of drug-likeness (QED) is 0.709. The van der Waals surface area contributed by atoms with Gasteiger partial charge in [-0.15, -0.1) is 0 Å². The first kappa shape index (κ1) is 11.8. The summed E-state index contributed by atoms with van der Waals surface area (Å²) >= 11 is 0. The first-order chi connectivity index (χ1) is 8.77. The number of benzene rings is 1. The molecule has 4 nitrogen and oxygen atoms in total. The van der Waals surface area contributed by atoms with Crippen molar-refractivity contribution in [2.45, 2.75) is 18.9 Å². The Balaban J connectivity index is 1.90. The topological polar surface area (TPSA) is 55.7 Å². The van der Waals surface area contributed by atoms with Crippen molar-refractivity contribution in [3.63, 3.8) is 0 Å². The van der Waals surface area contributed by atoms with Gasteiger partial charge in [0.15, 0.2) is 11.5 Å².